The van der Waals surface area contributed by atoms with Crippen molar-refractivity contribution < 1.29 is 53.7 Å². The molecule has 0 saturated heterocycles. The molecule has 0 radical (unpaired) electrons. The van der Waals surface area contributed by atoms with Gasteiger partial charge >= 0.3 is 30.9 Å². The Balaban J connectivity index is 0.00000456. The number of amides is 3. The molecule has 0 bridgehead atoms. The van der Waals surface area contributed by atoms with E-state index in [1.807, 2.05) is 26.0 Å². The van der Waals surface area contributed by atoms with Crippen LogP contribution in [0.1, 0.15) is 72.5 Å². The molecule has 2 aromatic rings. The summed E-state index contributed by atoms with van der Waals surface area (Å²) in [7, 11) is 0. The first-order chi connectivity index (χ1) is 16.7. The molecule has 3 amide bonds. The van der Waals surface area contributed by atoms with Crippen LogP contribution in [0.2, 0.25) is 0 Å². The van der Waals surface area contributed by atoms with Crippen LogP contribution < -0.4 is 34.8 Å². The van der Waals surface area contributed by atoms with Crippen LogP contribution in [-0.2, 0) is 11.2 Å². The quantitative estimate of drug-likeness (QED) is 0.385. The Hall–Kier alpha value is -2.90. The summed E-state index contributed by atoms with van der Waals surface area (Å²) in [5.74, 6) is -2.56. The van der Waals surface area contributed by atoms with Gasteiger partial charge in [0.05, 0.1) is 11.3 Å². The number of carboxylic acids is 1. The fourth-order valence-electron chi connectivity index (χ4n) is 4.84. The summed E-state index contributed by atoms with van der Waals surface area (Å²) in [6, 6.07) is 5.78. The minimum atomic E-state index is -1.10. The summed E-state index contributed by atoms with van der Waals surface area (Å²) < 4.78 is 14.0. The Bertz CT molecular complexity index is 1090. The first-order valence-corrected chi connectivity index (χ1v) is 12.2. The van der Waals surface area contributed by atoms with Crippen LogP contribution in [0.15, 0.2) is 30.3 Å². The molecule has 0 aromatic heterocycles. The van der Waals surface area contributed by atoms with Gasteiger partial charge in [0.15, 0.2) is 0 Å². The smallest absolute Gasteiger partial charge is 0.870 e. The molecule has 0 aliphatic heterocycles. The van der Waals surface area contributed by atoms with Crippen molar-refractivity contribution in [3.05, 3.63) is 58.4 Å². The molecule has 1 aliphatic carbocycles. The van der Waals surface area contributed by atoms with Crippen molar-refractivity contribution in [2.75, 3.05) is 10.6 Å². The van der Waals surface area contributed by atoms with Crippen molar-refractivity contribution >= 4 is 29.3 Å². The molecule has 3 rings (SSSR count). The number of anilines is 2. The third-order valence-corrected chi connectivity index (χ3v) is 6.52. The number of benzene rings is 2. The second-order valence-corrected chi connectivity index (χ2v) is 9.31. The van der Waals surface area contributed by atoms with E-state index >= 15 is 0 Å². The Morgan fingerprint density at radius 1 is 1.03 bits per heavy atom. The Morgan fingerprint density at radius 2 is 1.63 bits per heavy atom. The maximum Gasteiger partial charge on any atom is 1.00 e. The van der Waals surface area contributed by atoms with E-state index in [0.717, 1.165) is 68.2 Å². The number of carboxylic acid groups (broad SMARTS) is 1. The van der Waals surface area contributed by atoms with Crippen molar-refractivity contribution in [1.29, 1.82) is 0 Å². The first kappa shape index (κ1) is 35.1. The zero-order valence-corrected chi connectivity index (χ0v) is 22.5. The molecule has 2 aromatic carbocycles. The number of nitrogens with one attached hydrogen (secondary N) is 3. The van der Waals surface area contributed by atoms with Gasteiger partial charge in [-0.2, -0.15) is 0 Å². The van der Waals surface area contributed by atoms with Crippen LogP contribution in [0, 0.1) is 25.6 Å². The molecule has 7 N–H and O–H groups in total. The van der Waals surface area contributed by atoms with E-state index in [2.05, 4.69) is 22.9 Å². The average Bonchev–Trinajstić information content (AvgIpc) is 2.80. The van der Waals surface area contributed by atoms with E-state index in [0.29, 0.717) is 5.69 Å². The van der Waals surface area contributed by atoms with Crippen LogP contribution in [0.25, 0.3) is 0 Å². The number of aliphatic carboxylic acids is 1. The summed E-state index contributed by atoms with van der Waals surface area (Å²) in [4.78, 5) is 37.7. The van der Waals surface area contributed by atoms with Crippen LogP contribution in [0.5, 0.6) is 0 Å². The summed E-state index contributed by atoms with van der Waals surface area (Å²) in [5.41, 5.74) is 3.59. The zero-order valence-electron chi connectivity index (χ0n) is 22.5. The average molecular weight is 526 g/mol. The SMILES string of the molecule is CCCc1cc(C)c(NC(=O)Nc2cc(F)ccc2C(=O)N[C@H](C(=O)O)C2CCCCC2)c(C)c1.O.[Li+].[OH-]. The van der Waals surface area contributed by atoms with Gasteiger partial charge in [-0.15, -0.1) is 0 Å². The predicted octanol–water partition coefficient (Wildman–Crippen LogP) is 1.80. The summed E-state index contributed by atoms with van der Waals surface area (Å²) in [5, 5.41) is 17.6. The Morgan fingerprint density at radius 3 is 2.18 bits per heavy atom. The van der Waals surface area contributed by atoms with Crippen molar-refractivity contribution in [3.63, 3.8) is 0 Å². The number of urea groups is 1. The molecular weight excluding hydrogens is 488 g/mol. The normalized spacial score (nSPS) is 13.6. The molecule has 9 nitrogen and oxygen atoms in total. The van der Waals surface area contributed by atoms with E-state index in [4.69, 9.17) is 0 Å². The fourth-order valence-corrected chi connectivity index (χ4v) is 4.84. The molecule has 38 heavy (non-hydrogen) atoms. The molecular formula is C27H37FLiN3O6. The minimum Gasteiger partial charge on any atom is -0.870 e. The molecule has 204 valence electrons. The predicted molar refractivity (Wildman–Crippen MR) is 140 cm³/mol. The van der Waals surface area contributed by atoms with E-state index in [1.54, 1.807) is 0 Å². The number of aryl methyl sites for hydroxylation is 3. The van der Waals surface area contributed by atoms with E-state index in [1.165, 1.54) is 11.6 Å². The van der Waals surface area contributed by atoms with Gasteiger partial charge in [-0.25, -0.2) is 14.0 Å². The molecule has 1 atom stereocenters. The van der Waals surface area contributed by atoms with Gasteiger partial charge in [0.25, 0.3) is 5.91 Å². The monoisotopic (exact) mass is 525 g/mol. The topological polar surface area (TPSA) is 169 Å². The van der Waals surface area contributed by atoms with E-state index in [9.17, 15) is 23.9 Å². The van der Waals surface area contributed by atoms with E-state index < -0.39 is 29.8 Å². The minimum absolute atomic E-state index is 0. The first-order valence-electron chi connectivity index (χ1n) is 12.2. The Kier molecular flexibility index (Phi) is 14.9. The van der Waals surface area contributed by atoms with Gasteiger partial charge in [0, 0.05) is 5.69 Å². The van der Waals surface area contributed by atoms with Crippen LogP contribution >= 0.6 is 0 Å². The van der Waals surface area contributed by atoms with Gasteiger partial charge in [-0.1, -0.05) is 44.7 Å². The Labute approximate surface area is 234 Å². The van der Waals surface area contributed by atoms with Crippen molar-refractivity contribution in [3.8, 4) is 0 Å². The summed E-state index contributed by atoms with van der Waals surface area (Å²) in [6.07, 6.45) is 6.30. The van der Waals surface area contributed by atoms with Crippen molar-refractivity contribution in [2.24, 2.45) is 5.92 Å². The third kappa shape index (κ3) is 9.13. The molecule has 11 heteroatoms. The number of carbonyl (C=O) groups excluding carboxylic acids is 2. The summed E-state index contributed by atoms with van der Waals surface area (Å²) in [6.45, 7) is 5.91. The zero-order chi connectivity index (χ0) is 25.5. The van der Waals surface area contributed by atoms with Gasteiger partial charge in [0.2, 0.25) is 0 Å². The molecule has 1 saturated carbocycles. The van der Waals surface area contributed by atoms with Crippen molar-refractivity contribution in [2.45, 2.75) is 71.8 Å². The second kappa shape index (κ2) is 16.1. The van der Waals surface area contributed by atoms with Crippen LogP contribution in [-0.4, -0.2) is 40.0 Å². The molecule has 0 unspecified atom stereocenters. The van der Waals surface area contributed by atoms with E-state index in [-0.39, 0.29) is 47.0 Å². The standard InChI is InChI=1S/C27H34FN3O4.Li.2H2O/c1-4-8-18-13-16(2)23(17(3)14-18)31-27(35)29-22-15-20(28)11-12-21(22)25(32)30-24(26(33)34)19-9-6-5-7-10-19;;;/h11-15,19,24H,4-10H2,1-3H3,(H,30,32)(H,33,34)(H2,29,31,35);;2*1H2/q;+1;;/p-1/t24-;;;/m0.../s1. The van der Waals surface area contributed by atoms with Gasteiger partial charge < -0.3 is 32.0 Å². The molecule has 1 fully saturated rings. The third-order valence-electron chi connectivity index (χ3n) is 6.52. The number of halogens is 1. The van der Waals surface area contributed by atoms with Gasteiger partial charge in [0.1, 0.15) is 11.9 Å². The summed E-state index contributed by atoms with van der Waals surface area (Å²) >= 11 is 0. The molecule has 0 heterocycles. The number of hydrogen-bond acceptors (Lipinski definition) is 4. The maximum atomic E-state index is 14.0. The fraction of sp³-hybridized carbons (Fsp3) is 0.444. The largest absolute Gasteiger partial charge is 1.00 e. The van der Waals surface area contributed by atoms with Crippen LogP contribution in [0.4, 0.5) is 20.6 Å². The van der Waals surface area contributed by atoms with Crippen molar-refractivity contribution in [1.82, 2.24) is 5.32 Å². The number of rotatable bonds is 8. The molecule has 1 aliphatic rings. The molecule has 0 spiro atoms. The van der Waals surface area contributed by atoms with Gasteiger partial charge in [-0.3, -0.25) is 4.79 Å². The van der Waals surface area contributed by atoms with Gasteiger partial charge in [-0.05, 0) is 73.9 Å². The van der Waals surface area contributed by atoms with Crippen LogP contribution in [0.3, 0.4) is 0 Å². The maximum absolute atomic E-state index is 14.0. The number of carbonyl (C=O) groups is 3. The second-order valence-electron chi connectivity index (χ2n) is 9.31. The number of hydrogen-bond donors (Lipinski definition) is 4.